The van der Waals surface area contributed by atoms with Crippen LogP contribution < -0.4 is 0 Å². The maximum absolute atomic E-state index is 13.0. The lowest BCUT2D eigenvalue weighted by Crippen LogP contribution is -2.39. The molecule has 3 rings (SSSR count). The summed E-state index contributed by atoms with van der Waals surface area (Å²) in [5.41, 5.74) is 0. The fourth-order valence-corrected chi connectivity index (χ4v) is 5.26. The Bertz CT molecular complexity index is 817. The van der Waals surface area contributed by atoms with Crippen molar-refractivity contribution >= 4 is 21.6 Å². The molecule has 7 heteroatoms. The molecule has 2 aromatic rings. The highest BCUT2D eigenvalue weighted by atomic mass is 35.5. The van der Waals surface area contributed by atoms with Gasteiger partial charge in [0.15, 0.2) is 0 Å². The van der Waals surface area contributed by atoms with Gasteiger partial charge in [-0.15, -0.1) is 0 Å². The first kappa shape index (κ1) is 17.5. The van der Waals surface area contributed by atoms with E-state index in [0.29, 0.717) is 19.1 Å². The van der Waals surface area contributed by atoms with Crippen LogP contribution in [0.5, 0.6) is 0 Å². The molecular formula is C17H22ClN3O2S. The number of rotatable bonds is 4. The van der Waals surface area contributed by atoms with Crippen LogP contribution in [0.15, 0.2) is 41.6 Å². The lowest BCUT2D eigenvalue weighted by molar-refractivity contribution is 0.302. The monoisotopic (exact) mass is 367 g/mol. The molecule has 0 amide bonds. The number of hydrogen-bond donors (Lipinski definition) is 0. The fourth-order valence-electron chi connectivity index (χ4n) is 3.24. The molecule has 1 aliphatic rings. The van der Waals surface area contributed by atoms with E-state index in [9.17, 15) is 8.42 Å². The van der Waals surface area contributed by atoms with Gasteiger partial charge < -0.3 is 4.57 Å². The van der Waals surface area contributed by atoms with Gasteiger partial charge >= 0.3 is 0 Å². The molecule has 0 spiro atoms. The van der Waals surface area contributed by atoms with Crippen LogP contribution in [0.25, 0.3) is 0 Å². The van der Waals surface area contributed by atoms with Gasteiger partial charge in [-0.1, -0.05) is 23.7 Å². The molecule has 0 saturated carbocycles. The van der Waals surface area contributed by atoms with Crippen LogP contribution in [0.2, 0.25) is 5.02 Å². The number of hydrogen-bond acceptors (Lipinski definition) is 3. The number of piperidine rings is 1. The molecule has 1 fully saturated rings. The third-order valence-electron chi connectivity index (χ3n) is 4.46. The first-order valence-electron chi connectivity index (χ1n) is 8.18. The summed E-state index contributed by atoms with van der Waals surface area (Å²) < 4.78 is 29.6. The van der Waals surface area contributed by atoms with Crippen molar-refractivity contribution in [1.82, 2.24) is 13.9 Å². The average molecular weight is 368 g/mol. The molecule has 2 heterocycles. The van der Waals surface area contributed by atoms with Gasteiger partial charge in [-0.05, 0) is 38.8 Å². The Morgan fingerprint density at radius 1 is 1.29 bits per heavy atom. The Morgan fingerprint density at radius 2 is 2.04 bits per heavy atom. The molecule has 0 N–H and O–H groups in total. The normalized spacial score (nSPS) is 19.8. The van der Waals surface area contributed by atoms with Crippen molar-refractivity contribution < 1.29 is 8.42 Å². The van der Waals surface area contributed by atoms with Crippen molar-refractivity contribution in [2.24, 2.45) is 0 Å². The van der Waals surface area contributed by atoms with Gasteiger partial charge in [-0.2, -0.15) is 4.31 Å². The summed E-state index contributed by atoms with van der Waals surface area (Å²) in [5, 5.41) is 0.267. The summed E-state index contributed by atoms with van der Waals surface area (Å²) in [6.45, 7) is 5.17. The van der Waals surface area contributed by atoms with E-state index in [0.717, 1.165) is 18.7 Å². The van der Waals surface area contributed by atoms with Crippen molar-refractivity contribution in [3.05, 3.63) is 47.5 Å². The van der Waals surface area contributed by atoms with Crippen molar-refractivity contribution in [3.63, 3.8) is 0 Å². The minimum Gasteiger partial charge on any atom is -0.332 e. The van der Waals surface area contributed by atoms with Gasteiger partial charge in [0.1, 0.15) is 10.7 Å². The van der Waals surface area contributed by atoms with Crippen molar-refractivity contribution in [3.8, 4) is 0 Å². The second kappa shape index (κ2) is 6.86. The van der Waals surface area contributed by atoms with Crippen molar-refractivity contribution in [2.45, 2.75) is 43.5 Å². The molecule has 1 saturated heterocycles. The smallest absolute Gasteiger partial charge is 0.244 e. The molecule has 5 nitrogen and oxygen atoms in total. The predicted octanol–water partition coefficient (Wildman–Crippen LogP) is 3.69. The molecule has 1 unspecified atom stereocenters. The SMILES string of the molecule is CC(C)n1ccnc1C1CCCN(S(=O)(=O)c2ccccc2Cl)C1. The second-order valence-corrected chi connectivity index (χ2v) is 8.73. The number of benzene rings is 1. The fraction of sp³-hybridized carbons (Fsp3) is 0.471. The van der Waals surface area contributed by atoms with E-state index < -0.39 is 10.0 Å². The number of imidazole rings is 1. The van der Waals surface area contributed by atoms with Gasteiger partial charge in [0.2, 0.25) is 10.0 Å². The predicted molar refractivity (Wildman–Crippen MR) is 94.8 cm³/mol. The highest BCUT2D eigenvalue weighted by Crippen LogP contribution is 2.32. The zero-order chi connectivity index (χ0) is 17.3. The summed E-state index contributed by atoms with van der Waals surface area (Å²) in [4.78, 5) is 4.66. The van der Waals surface area contributed by atoms with E-state index in [1.807, 2.05) is 6.20 Å². The Balaban J connectivity index is 1.88. The molecule has 1 atom stereocenters. The highest BCUT2D eigenvalue weighted by molar-refractivity contribution is 7.89. The van der Waals surface area contributed by atoms with Gasteiger partial charge in [0.05, 0.1) is 5.02 Å². The van der Waals surface area contributed by atoms with Crippen LogP contribution in [-0.4, -0.2) is 35.4 Å². The van der Waals surface area contributed by atoms with Crippen molar-refractivity contribution in [1.29, 1.82) is 0 Å². The molecule has 130 valence electrons. The topological polar surface area (TPSA) is 55.2 Å². The van der Waals surface area contributed by atoms with Crippen LogP contribution >= 0.6 is 11.6 Å². The molecule has 0 aliphatic carbocycles. The van der Waals surface area contributed by atoms with Gasteiger partial charge in [-0.25, -0.2) is 13.4 Å². The zero-order valence-corrected chi connectivity index (χ0v) is 15.5. The maximum atomic E-state index is 13.0. The molecule has 1 aromatic heterocycles. The molecular weight excluding hydrogens is 346 g/mol. The van der Waals surface area contributed by atoms with Crippen molar-refractivity contribution in [2.75, 3.05) is 13.1 Å². The van der Waals surface area contributed by atoms with Gasteiger partial charge in [0, 0.05) is 37.4 Å². The van der Waals surface area contributed by atoms with E-state index in [-0.39, 0.29) is 15.8 Å². The van der Waals surface area contributed by atoms with Crippen LogP contribution in [-0.2, 0) is 10.0 Å². The third-order valence-corrected chi connectivity index (χ3v) is 6.82. The first-order valence-corrected chi connectivity index (χ1v) is 10.0. The first-order chi connectivity index (χ1) is 11.4. The standard InChI is InChI=1S/C17H22ClN3O2S/c1-13(2)21-11-9-19-17(21)14-6-5-10-20(12-14)24(22,23)16-8-4-3-7-15(16)18/h3-4,7-9,11,13-14H,5-6,10,12H2,1-2H3. The van der Waals surface area contributed by atoms with E-state index in [1.54, 1.807) is 34.8 Å². The number of nitrogens with zero attached hydrogens (tertiary/aromatic N) is 3. The Labute approximate surface area is 148 Å². The summed E-state index contributed by atoms with van der Waals surface area (Å²) in [5.74, 6) is 1.07. The minimum absolute atomic E-state index is 0.105. The number of sulfonamides is 1. The molecule has 0 bridgehead atoms. The maximum Gasteiger partial charge on any atom is 0.244 e. The molecule has 24 heavy (non-hydrogen) atoms. The van der Waals surface area contributed by atoms with E-state index >= 15 is 0 Å². The van der Waals surface area contributed by atoms with Crippen LogP contribution in [0.4, 0.5) is 0 Å². The third kappa shape index (κ3) is 3.23. The minimum atomic E-state index is -3.59. The lowest BCUT2D eigenvalue weighted by Gasteiger charge is -2.32. The largest absolute Gasteiger partial charge is 0.332 e. The number of halogens is 1. The molecule has 1 aromatic carbocycles. The van der Waals surface area contributed by atoms with E-state index in [2.05, 4.69) is 23.4 Å². The van der Waals surface area contributed by atoms with Crippen LogP contribution in [0.1, 0.15) is 44.5 Å². The Kier molecular flexibility index (Phi) is 4.99. The summed E-state index contributed by atoms with van der Waals surface area (Å²) in [7, 11) is -3.59. The zero-order valence-electron chi connectivity index (χ0n) is 13.9. The summed E-state index contributed by atoms with van der Waals surface area (Å²) in [6.07, 6.45) is 5.51. The quantitative estimate of drug-likeness (QED) is 0.828. The van der Waals surface area contributed by atoms with Crippen LogP contribution in [0, 0.1) is 0 Å². The lowest BCUT2D eigenvalue weighted by atomic mass is 9.98. The van der Waals surface area contributed by atoms with Crippen LogP contribution in [0.3, 0.4) is 0 Å². The average Bonchev–Trinajstić information content (AvgIpc) is 3.05. The highest BCUT2D eigenvalue weighted by Gasteiger charge is 2.33. The second-order valence-electron chi connectivity index (χ2n) is 6.42. The molecule has 1 aliphatic heterocycles. The van der Waals surface area contributed by atoms with Gasteiger partial charge in [0.25, 0.3) is 0 Å². The van der Waals surface area contributed by atoms with Gasteiger partial charge in [-0.3, -0.25) is 0 Å². The Morgan fingerprint density at radius 3 is 2.75 bits per heavy atom. The summed E-state index contributed by atoms with van der Waals surface area (Å²) in [6, 6.07) is 6.92. The molecule has 0 radical (unpaired) electrons. The number of aromatic nitrogens is 2. The summed E-state index contributed by atoms with van der Waals surface area (Å²) >= 11 is 6.11. The van der Waals surface area contributed by atoms with E-state index in [1.165, 1.54) is 0 Å². The van der Waals surface area contributed by atoms with E-state index in [4.69, 9.17) is 11.6 Å². The Hall–Kier alpha value is -1.37.